The van der Waals surface area contributed by atoms with Crippen molar-refractivity contribution < 1.29 is 19.4 Å². The lowest BCUT2D eigenvalue weighted by molar-refractivity contribution is -0.152. The molecule has 6 heteroatoms. The maximum atomic E-state index is 11.8. The molecule has 0 aromatic heterocycles. The molecular weight excluding hydrogens is 314 g/mol. The highest BCUT2D eigenvalue weighted by atomic mass is 79.9. The molecule has 0 bridgehead atoms. The van der Waals surface area contributed by atoms with Gasteiger partial charge in [0, 0.05) is 11.6 Å². The first kappa shape index (κ1) is 15.8. The number of methoxy groups -OCH3 is 2. The van der Waals surface area contributed by atoms with Gasteiger partial charge in [0.15, 0.2) is 0 Å². The third kappa shape index (κ3) is 3.01. The SMILES string of the molecule is COC(=O)C(C)(C)[C@H](N)c1cc(OC)cc(Br)c1O. The van der Waals surface area contributed by atoms with Crippen molar-refractivity contribution in [2.75, 3.05) is 14.2 Å². The molecule has 1 aromatic carbocycles. The van der Waals surface area contributed by atoms with Gasteiger partial charge in [-0.2, -0.15) is 0 Å². The molecule has 0 heterocycles. The lowest BCUT2D eigenvalue weighted by Crippen LogP contribution is -2.37. The summed E-state index contributed by atoms with van der Waals surface area (Å²) in [6, 6.07) is 2.50. The third-order valence-corrected chi connectivity index (χ3v) is 3.73. The molecule has 0 radical (unpaired) electrons. The van der Waals surface area contributed by atoms with Crippen molar-refractivity contribution in [2.24, 2.45) is 11.1 Å². The number of nitrogens with two attached hydrogens (primary N) is 1. The van der Waals surface area contributed by atoms with Gasteiger partial charge in [-0.05, 0) is 41.9 Å². The van der Waals surface area contributed by atoms with Crippen LogP contribution in [0.5, 0.6) is 11.5 Å². The zero-order chi connectivity index (χ0) is 14.8. The molecule has 0 unspecified atom stereocenters. The van der Waals surface area contributed by atoms with Crippen LogP contribution in [0.25, 0.3) is 0 Å². The number of hydrogen-bond acceptors (Lipinski definition) is 5. The number of aromatic hydroxyl groups is 1. The van der Waals surface area contributed by atoms with Gasteiger partial charge in [0.25, 0.3) is 0 Å². The normalized spacial score (nSPS) is 12.9. The molecule has 1 rings (SSSR count). The van der Waals surface area contributed by atoms with Crippen LogP contribution in [0.1, 0.15) is 25.5 Å². The second-order valence-electron chi connectivity index (χ2n) is 4.74. The Balaban J connectivity index is 3.29. The molecule has 1 aromatic rings. The smallest absolute Gasteiger partial charge is 0.313 e. The van der Waals surface area contributed by atoms with Crippen LogP contribution in [-0.4, -0.2) is 25.3 Å². The number of benzene rings is 1. The molecule has 19 heavy (non-hydrogen) atoms. The van der Waals surface area contributed by atoms with E-state index in [-0.39, 0.29) is 5.75 Å². The van der Waals surface area contributed by atoms with E-state index in [1.165, 1.54) is 14.2 Å². The first-order chi connectivity index (χ1) is 8.75. The van der Waals surface area contributed by atoms with Crippen LogP contribution in [0.4, 0.5) is 0 Å². The number of carbonyl (C=O) groups is 1. The highest BCUT2D eigenvalue weighted by Gasteiger charge is 2.38. The third-order valence-electron chi connectivity index (χ3n) is 3.13. The molecule has 0 fully saturated rings. The zero-order valence-corrected chi connectivity index (χ0v) is 12.9. The Bertz CT molecular complexity index is 488. The van der Waals surface area contributed by atoms with Crippen molar-refractivity contribution in [3.8, 4) is 11.5 Å². The minimum atomic E-state index is -0.974. The topological polar surface area (TPSA) is 81.8 Å². The average Bonchev–Trinajstić information content (AvgIpc) is 2.39. The van der Waals surface area contributed by atoms with E-state index in [2.05, 4.69) is 15.9 Å². The molecular formula is C13H18BrNO4. The van der Waals surface area contributed by atoms with Crippen molar-refractivity contribution in [3.05, 3.63) is 22.2 Å². The Kier molecular flexibility index (Phi) is 4.81. The predicted octanol–water partition coefficient (Wildman–Crippen LogP) is 2.36. The van der Waals surface area contributed by atoms with Gasteiger partial charge in [0.2, 0.25) is 0 Å². The molecule has 0 saturated carbocycles. The van der Waals surface area contributed by atoms with E-state index in [1.54, 1.807) is 26.0 Å². The molecule has 0 aliphatic carbocycles. The van der Waals surface area contributed by atoms with Crippen LogP contribution in [0.3, 0.4) is 0 Å². The highest BCUT2D eigenvalue weighted by Crippen LogP contribution is 2.41. The maximum absolute atomic E-state index is 11.8. The molecule has 0 amide bonds. The molecule has 1 atom stereocenters. The summed E-state index contributed by atoms with van der Waals surface area (Å²) >= 11 is 3.23. The van der Waals surface area contributed by atoms with Gasteiger partial charge >= 0.3 is 5.97 Å². The average molecular weight is 332 g/mol. The summed E-state index contributed by atoms with van der Waals surface area (Å²) in [6.45, 7) is 3.33. The van der Waals surface area contributed by atoms with Crippen LogP contribution >= 0.6 is 15.9 Å². The summed E-state index contributed by atoms with van der Waals surface area (Å²) in [5.74, 6) is 0.0828. The summed E-state index contributed by atoms with van der Waals surface area (Å²) < 4.78 is 10.3. The van der Waals surface area contributed by atoms with E-state index in [1.807, 2.05) is 0 Å². The van der Waals surface area contributed by atoms with Crippen LogP contribution in [0, 0.1) is 5.41 Å². The standard InChI is InChI=1S/C13H18BrNO4/c1-13(2,12(17)19-4)11(15)8-5-7(18-3)6-9(14)10(8)16/h5-6,11,16H,15H2,1-4H3/t11-/m1/s1. The minimum Gasteiger partial charge on any atom is -0.506 e. The van der Waals surface area contributed by atoms with Gasteiger partial charge in [-0.1, -0.05) is 0 Å². The summed E-state index contributed by atoms with van der Waals surface area (Å²) in [7, 11) is 2.82. The number of halogens is 1. The van der Waals surface area contributed by atoms with Crippen LogP contribution < -0.4 is 10.5 Å². The number of hydrogen-bond donors (Lipinski definition) is 2. The molecule has 0 aliphatic rings. The molecule has 5 nitrogen and oxygen atoms in total. The number of ether oxygens (including phenoxy) is 2. The summed E-state index contributed by atoms with van der Waals surface area (Å²) in [4.78, 5) is 11.8. The summed E-state index contributed by atoms with van der Waals surface area (Å²) in [6.07, 6.45) is 0. The molecule has 3 N–H and O–H groups in total. The fourth-order valence-corrected chi connectivity index (χ4v) is 2.18. The van der Waals surface area contributed by atoms with Gasteiger partial charge < -0.3 is 20.3 Å². The van der Waals surface area contributed by atoms with Crippen molar-refractivity contribution in [1.29, 1.82) is 0 Å². The van der Waals surface area contributed by atoms with Crippen LogP contribution in [0.2, 0.25) is 0 Å². The Hall–Kier alpha value is -1.27. The van der Waals surface area contributed by atoms with Crippen molar-refractivity contribution in [2.45, 2.75) is 19.9 Å². The van der Waals surface area contributed by atoms with Gasteiger partial charge in [0.05, 0.1) is 24.1 Å². The summed E-state index contributed by atoms with van der Waals surface area (Å²) in [5, 5.41) is 10.1. The van der Waals surface area contributed by atoms with Crippen molar-refractivity contribution in [3.63, 3.8) is 0 Å². The van der Waals surface area contributed by atoms with E-state index < -0.39 is 17.4 Å². The number of carbonyl (C=O) groups excluding carboxylic acids is 1. The Labute approximate surface area is 120 Å². The summed E-state index contributed by atoms with van der Waals surface area (Å²) in [5.41, 5.74) is 5.55. The molecule has 106 valence electrons. The van der Waals surface area contributed by atoms with E-state index in [0.29, 0.717) is 15.8 Å². The molecule has 0 saturated heterocycles. The van der Waals surface area contributed by atoms with Gasteiger partial charge in [-0.3, -0.25) is 4.79 Å². The Morgan fingerprint density at radius 2 is 2.00 bits per heavy atom. The predicted molar refractivity (Wildman–Crippen MR) is 75.1 cm³/mol. The van der Waals surface area contributed by atoms with E-state index in [4.69, 9.17) is 15.2 Å². The first-order valence-electron chi connectivity index (χ1n) is 5.66. The number of phenolic OH excluding ortho intramolecular Hbond substituents is 1. The molecule has 0 aliphatic heterocycles. The molecule has 0 spiro atoms. The number of phenols is 1. The monoisotopic (exact) mass is 331 g/mol. The zero-order valence-electron chi connectivity index (χ0n) is 11.4. The Morgan fingerprint density at radius 1 is 1.42 bits per heavy atom. The highest BCUT2D eigenvalue weighted by molar-refractivity contribution is 9.10. The van der Waals surface area contributed by atoms with Crippen molar-refractivity contribution in [1.82, 2.24) is 0 Å². The largest absolute Gasteiger partial charge is 0.506 e. The van der Waals surface area contributed by atoms with Crippen molar-refractivity contribution >= 4 is 21.9 Å². The van der Waals surface area contributed by atoms with Gasteiger partial charge in [0.1, 0.15) is 11.5 Å². The number of esters is 1. The quantitative estimate of drug-likeness (QED) is 0.827. The minimum absolute atomic E-state index is 0.00900. The van der Waals surface area contributed by atoms with E-state index in [9.17, 15) is 9.90 Å². The van der Waals surface area contributed by atoms with Gasteiger partial charge in [-0.25, -0.2) is 0 Å². The Morgan fingerprint density at radius 3 is 2.47 bits per heavy atom. The fraction of sp³-hybridized carbons (Fsp3) is 0.462. The second-order valence-corrected chi connectivity index (χ2v) is 5.59. The first-order valence-corrected chi connectivity index (χ1v) is 6.45. The maximum Gasteiger partial charge on any atom is 0.313 e. The van der Waals surface area contributed by atoms with E-state index >= 15 is 0 Å². The second kappa shape index (κ2) is 5.79. The fourth-order valence-electron chi connectivity index (χ4n) is 1.73. The lowest BCUT2D eigenvalue weighted by Gasteiger charge is -2.29. The van der Waals surface area contributed by atoms with Crippen LogP contribution in [0.15, 0.2) is 16.6 Å². The van der Waals surface area contributed by atoms with Crippen LogP contribution in [-0.2, 0) is 9.53 Å². The van der Waals surface area contributed by atoms with E-state index in [0.717, 1.165) is 0 Å². The lowest BCUT2D eigenvalue weighted by atomic mass is 9.80. The number of rotatable bonds is 4. The van der Waals surface area contributed by atoms with Gasteiger partial charge in [-0.15, -0.1) is 0 Å².